The topological polar surface area (TPSA) is 89.8 Å². The lowest BCUT2D eigenvalue weighted by atomic mass is 9.84. The minimum Gasteiger partial charge on any atom is -0.468 e. The maximum Gasteiger partial charge on any atom is 0.322 e. The first-order valence-corrected chi connectivity index (χ1v) is 6.94. The molecule has 0 aromatic heterocycles. The van der Waals surface area contributed by atoms with Crippen molar-refractivity contribution in [1.29, 1.82) is 0 Å². The van der Waals surface area contributed by atoms with E-state index in [0.717, 1.165) is 0 Å². The van der Waals surface area contributed by atoms with Crippen molar-refractivity contribution < 1.29 is 19.2 Å². The van der Waals surface area contributed by atoms with E-state index < -0.39 is 40.1 Å². The number of hydrogen-bond donors (Lipinski definition) is 0. The number of likely N-dealkylation sites (tertiary alicyclic amines) is 1. The number of methoxy groups -OCH3 is 1. The fourth-order valence-corrected chi connectivity index (χ4v) is 4.18. The zero-order valence-electron chi connectivity index (χ0n) is 12.3. The molecular weight excluding hydrogens is 288 g/mol. The molecule has 1 aromatic rings. The van der Waals surface area contributed by atoms with E-state index in [4.69, 9.17) is 4.74 Å². The Hall–Kier alpha value is -2.44. The average molecular weight is 304 g/mol. The van der Waals surface area contributed by atoms with Crippen LogP contribution in [-0.4, -0.2) is 48.9 Å². The number of ether oxygens (including phenoxy) is 1. The zero-order valence-corrected chi connectivity index (χ0v) is 12.3. The van der Waals surface area contributed by atoms with Crippen molar-refractivity contribution in [3.63, 3.8) is 0 Å². The maximum absolute atomic E-state index is 12.6. The van der Waals surface area contributed by atoms with Gasteiger partial charge in [0.1, 0.15) is 0 Å². The molecule has 0 radical (unpaired) electrons. The van der Waals surface area contributed by atoms with Crippen molar-refractivity contribution >= 4 is 11.9 Å². The SMILES string of the molecule is COC(=O)[C@]12C(=O)N(C)CC1C2(C[N+](=O)[O-])c1ccccc1. The second kappa shape index (κ2) is 4.53. The van der Waals surface area contributed by atoms with Crippen LogP contribution in [0.5, 0.6) is 0 Å². The summed E-state index contributed by atoms with van der Waals surface area (Å²) in [7, 11) is 2.81. The van der Waals surface area contributed by atoms with Gasteiger partial charge in [0.15, 0.2) is 5.41 Å². The van der Waals surface area contributed by atoms with Gasteiger partial charge in [-0.05, 0) is 5.56 Å². The Morgan fingerprint density at radius 3 is 2.64 bits per heavy atom. The molecule has 2 fully saturated rings. The molecule has 7 heteroatoms. The molecule has 1 aliphatic carbocycles. The summed E-state index contributed by atoms with van der Waals surface area (Å²) in [5, 5.41) is 11.2. The van der Waals surface area contributed by atoms with Gasteiger partial charge in [0.2, 0.25) is 12.5 Å². The number of benzene rings is 1. The number of nitro groups is 1. The molecule has 1 heterocycles. The van der Waals surface area contributed by atoms with Crippen LogP contribution < -0.4 is 0 Å². The minimum atomic E-state index is -1.47. The quantitative estimate of drug-likeness (QED) is 0.349. The Bertz CT molecular complexity index is 661. The van der Waals surface area contributed by atoms with E-state index >= 15 is 0 Å². The summed E-state index contributed by atoms with van der Waals surface area (Å²) >= 11 is 0. The third-order valence-corrected chi connectivity index (χ3v) is 5.05. The summed E-state index contributed by atoms with van der Waals surface area (Å²) in [6.45, 7) is -0.146. The van der Waals surface area contributed by atoms with Crippen molar-refractivity contribution in [2.45, 2.75) is 5.41 Å². The molecule has 1 amide bonds. The smallest absolute Gasteiger partial charge is 0.322 e. The van der Waals surface area contributed by atoms with Gasteiger partial charge in [0.05, 0.1) is 12.5 Å². The van der Waals surface area contributed by atoms with Crippen molar-refractivity contribution in [2.75, 3.05) is 27.2 Å². The summed E-state index contributed by atoms with van der Waals surface area (Å²) in [4.78, 5) is 37.3. The molecule has 2 aliphatic rings. The molecule has 3 rings (SSSR count). The van der Waals surface area contributed by atoms with Crippen LogP contribution in [0.25, 0.3) is 0 Å². The Morgan fingerprint density at radius 2 is 2.09 bits per heavy atom. The molecule has 1 saturated carbocycles. The van der Waals surface area contributed by atoms with Gasteiger partial charge in [-0.3, -0.25) is 19.7 Å². The molecule has 1 saturated heterocycles. The predicted molar refractivity (Wildman–Crippen MR) is 75.6 cm³/mol. The highest BCUT2D eigenvalue weighted by Crippen LogP contribution is 2.73. The summed E-state index contributed by atoms with van der Waals surface area (Å²) in [5.41, 5.74) is -1.94. The number of rotatable bonds is 4. The van der Waals surface area contributed by atoms with E-state index in [-0.39, 0.29) is 0 Å². The van der Waals surface area contributed by atoms with Gasteiger partial charge in [-0.25, -0.2) is 0 Å². The first kappa shape index (κ1) is 14.5. The molecule has 116 valence electrons. The zero-order chi connectivity index (χ0) is 16.1. The van der Waals surface area contributed by atoms with E-state index in [1.807, 2.05) is 0 Å². The van der Waals surface area contributed by atoms with Crippen LogP contribution in [0.2, 0.25) is 0 Å². The number of esters is 1. The lowest BCUT2D eigenvalue weighted by Crippen LogP contribution is -2.44. The fourth-order valence-electron chi connectivity index (χ4n) is 4.18. The fraction of sp³-hybridized carbons (Fsp3) is 0.467. The highest BCUT2D eigenvalue weighted by Gasteiger charge is 2.91. The Kier molecular flexibility index (Phi) is 2.98. The number of hydrogen-bond acceptors (Lipinski definition) is 5. The summed E-state index contributed by atoms with van der Waals surface area (Å²) in [6.07, 6.45) is 0. The average Bonchev–Trinajstić information content (AvgIpc) is 2.96. The van der Waals surface area contributed by atoms with E-state index in [1.165, 1.54) is 12.0 Å². The van der Waals surface area contributed by atoms with Crippen molar-refractivity contribution in [3.05, 3.63) is 46.0 Å². The molecule has 0 spiro atoms. The van der Waals surface area contributed by atoms with Crippen molar-refractivity contribution in [2.24, 2.45) is 11.3 Å². The number of carbonyl (C=O) groups excluding carboxylic acids is 2. The number of carbonyl (C=O) groups is 2. The molecule has 2 unspecified atom stereocenters. The van der Waals surface area contributed by atoms with E-state index in [2.05, 4.69) is 0 Å². The summed E-state index contributed by atoms with van der Waals surface area (Å²) < 4.78 is 4.85. The Labute approximate surface area is 127 Å². The molecule has 0 N–H and O–H groups in total. The molecule has 7 nitrogen and oxygen atoms in total. The van der Waals surface area contributed by atoms with Crippen LogP contribution in [0.15, 0.2) is 30.3 Å². The van der Waals surface area contributed by atoms with Gasteiger partial charge in [0.25, 0.3) is 0 Å². The molecule has 1 aliphatic heterocycles. The second-order valence-electron chi connectivity index (χ2n) is 5.87. The van der Waals surface area contributed by atoms with Gasteiger partial charge >= 0.3 is 5.97 Å². The van der Waals surface area contributed by atoms with Gasteiger partial charge in [0, 0.05) is 24.4 Å². The first-order chi connectivity index (χ1) is 10.4. The van der Waals surface area contributed by atoms with Crippen LogP contribution in [0.4, 0.5) is 0 Å². The third-order valence-electron chi connectivity index (χ3n) is 5.05. The van der Waals surface area contributed by atoms with Gasteiger partial charge < -0.3 is 9.64 Å². The van der Waals surface area contributed by atoms with E-state index in [9.17, 15) is 19.7 Å². The predicted octanol–water partition coefficient (Wildman–Crippen LogP) is 0.462. The molecular formula is C15H16N2O5. The Morgan fingerprint density at radius 1 is 1.45 bits per heavy atom. The summed E-state index contributed by atoms with van der Waals surface area (Å²) in [6, 6.07) is 8.77. The molecule has 22 heavy (non-hydrogen) atoms. The summed E-state index contributed by atoms with van der Waals surface area (Å²) in [5.74, 6) is -1.51. The standard InChI is InChI=1S/C15H16N2O5/c1-16-8-11-14(9-17(20)21,10-6-4-3-5-7-10)15(11,12(16)18)13(19)22-2/h3-7,11H,8-9H2,1-2H3/t11?,14?,15-/m1/s1. The normalized spacial score (nSPS) is 32.5. The van der Waals surface area contributed by atoms with Crippen LogP contribution in [0.3, 0.4) is 0 Å². The van der Waals surface area contributed by atoms with Crippen LogP contribution in [-0.2, 0) is 19.7 Å². The second-order valence-corrected chi connectivity index (χ2v) is 5.87. The number of fused-ring (bicyclic) bond motifs is 1. The highest BCUT2D eigenvalue weighted by molar-refractivity contribution is 6.11. The lowest BCUT2D eigenvalue weighted by molar-refractivity contribution is -0.487. The van der Waals surface area contributed by atoms with Crippen LogP contribution >= 0.6 is 0 Å². The molecule has 1 aromatic carbocycles. The first-order valence-electron chi connectivity index (χ1n) is 6.94. The monoisotopic (exact) mass is 304 g/mol. The van der Waals surface area contributed by atoms with Crippen LogP contribution in [0.1, 0.15) is 5.56 Å². The molecule has 3 atom stereocenters. The number of piperidine rings is 1. The van der Waals surface area contributed by atoms with Gasteiger partial charge in [-0.2, -0.15) is 0 Å². The van der Waals surface area contributed by atoms with Crippen molar-refractivity contribution in [3.8, 4) is 0 Å². The van der Waals surface area contributed by atoms with Gasteiger partial charge in [-0.15, -0.1) is 0 Å². The van der Waals surface area contributed by atoms with Crippen LogP contribution in [0, 0.1) is 21.4 Å². The third kappa shape index (κ3) is 1.45. The number of nitrogens with zero attached hydrogens (tertiary/aromatic N) is 2. The van der Waals surface area contributed by atoms with Crippen molar-refractivity contribution in [1.82, 2.24) is 4.90 Å². The Balaban J connectivity index is 2.19. The molecule has 0 bridgehead atoms. The maximum atomic E-state index is 12.6. The number of amides is 1. The lowest BCUT2D eigenvalue weighted by Gasteiger charge is -2.25. The van der Waals surface area contributed by atoms with E-state index in [1.54, 1.807) is 37.4 Å². The van der Waals surface area contributed by atoms with Gasteiger partial charge in [-0.1, -0.05) is 30.3 Å². The largest absolute Gasteiger partial charge is 0.468 e. The minimum absolute atomic E-state index is 0.316. The highest BCUT2D eigenvalue weighted by atomic mass is 16.6. The van der Waals surface area contributed by atoms with E-state index in [0.29, 0.717) is 12.1 Å².